The number of sulfonamides is 1. The topological polar surface area (TPSA) is 59.1 Å². The van der Waals surface area contributed by atoms with Crippen LogP contribution in [0.3, 0.4) is 0 Å². The maximum absolute atomic E-state index is 12.2. The zero-order valence-corrected chi connectivity index (χ0v) is 11.1. The molecule has 2 rings (SSSR count). The number of para-hydroxylation sites is 1. The molecular formula is C13H16N2O2S. The van der Waals surface area contributed by atoms with Crippen molar-refractivity contribution < 1.29 is 8.42 Å². The van der Waals surface area contributed by atoms with Crippen molar-refractivity contribution in [3.8, 4) is 0 Å². The van der Waals surface area contributed by atoms with Crippen LogP contribution in [0.25, 0.3) is 10.9 Å². The van der Waals surface area contributed by atoms with E-state index in [4.69, 9.17) is 0 Å². The number of nitrogens with one attached hydrogen (secondary N) is 1. The summed E-state index contributed by atoms with van der Waals surface area (Å²) in [5.74, 6) is 0. The molecule has 0 saturated carbocycles. The molecule has 1 N–H and O–H groups in total. The Morgan fingerprint density at radius 2 is 2.00 bits per heavy atom. The summed E-state index contributed by atoms with van der Waals surface area (Å²) in [5.41, 5.74) is 0.518. The monoisotopic (exact) mass is 264 g/mol. The fourth-order valence-electron chi connectivity index (χ4n) is 1.75. The molecule has 0 fully saturated rings. The molecule has 0 aliphatic rings. The Balaban J connectivity index is 2.41. The van der Waals surface area contributed by atoms with E-state index in [1.54, 1.807) is 24.4 Å². The van der Waals surface area contributed by atoms with Gasteiger partial charge in [-0.2, -0.15) is 0 Å². The van der Waals surface area contributed by atoms with Gasteiger partial charge in [0.25, 0.3) is 0 Å². The number of rotatable bonds is 5. The van der Waals surface area contributed by atoms with Crippen LogP contribution >= 0.6 is 0 Å². The minimum atomic E-state index is -3.47. The first-order valence-corrected chi connectivity index (χ1v) is 7.47. The van der Waals surface area contributed by atoms with Gasteiger partial charge in [-0.15, -0.1) is 0 Å². The highest BCUT2D eigenvalue weighted by atomic mass is 32.2. The molecular weight excluding hydrogens is 248 g/mol. The largest absolute Gasteiger partial charge is 0.255 e. The lowest BCUT2D eigenvalue weighted by Crippen LogP contribution is -2.25. The zero-order chi connectivity index (χ0) is 13.0. The van der Waals surface area contributed by atoms with Crippen LogP contribution < -0.4 is 4.72 Å². The number of aromatic nitrogens is 1. The molecule has 0 radical (unpaired) electrons. The number of nitrogens with zero attached hydrogens (tertiary/aromatic N) is 1. The lowest BCUT2D eigenvalue weighted by atomic mass is 10.2. The summed E-state index contributed by atoms with van der Waals surface area (Å²) in [7, 11) is -3.47. The average Bonchev–Trinajstić information content (AvgIpc) is 2.38. The van der Waals surface area contributed by atoms with Gasteiger partial charge in [0, 0.05) is 18.1 Å². The first-order chi connectivity index (χ1) is 8.65. The van der Waals surface area contributed by atoms with E-state index in [0.717, 1.165) is 18.2 Å². The van der Waals surface area contributed by atoms with Crippen LogP contribution in [0.2, 0.25) is 0 Å². The van der Waals surface area contributed by atoms with Gasteiger partial charge in [0.05, 0.1) is 5.52 Å². The molecule has 0 aliphatic carbocycles. The first kappa shape index (κ1) is 13.0. The van der Waals surface area contributed by atoms with Gasteiger partial charge in [0.15, 0.2) is 0 Å². The Morgan fingerprint density at radius 1 is 1.22 bits per heavy atom. The summed E-state index contributed by atoms with van der Waals surface area (Å²) < 4.78 is 26.9. The third-order valence-corrected chi connectivity index (χ3v) is 4.20. The second kappa shape index (κ2) is 5.46. The third kappa shape index (κ3) is 2.68. The van der Waals surface area contributed by atoms with E-state index in [2.05, 4.69) is 9.71 Å². The van der Waals surface area contributed by atoms with Gasteiger partial charge in [0.2, 0.25) is 10.0 Å². The number of pyridine rings is 1. The van der Waals surface area contributed by atoms with E-state index in [1.165, 1.54) is 0 Å². The van der Waals surface area contributed by atoms with Gasteiger partial charge in [-0.05, 0) is 18.6 Å². The van der Waals surface area contributed by atoms with Gasteiger partial charge in [-0.1, -0.05) is 31.5 Å². The van der Waals surface area contributed by atoms with Crippen LogP contribution in [0, 0.1) is 0 Å². The average molecular weight is 264 g/mol. The van der Waals surface area contributed by atoms with E-state index >= 15 is 0 Å². The lowest BCUT2D eigenvalue weighted by molar-refractivity contribution is 0.579. The van der Waals surface area contributed by atoms with Crippen LogP contribution in [0.4, 0.5) is 0 Å². The fourth-order valence-corrected chi connectivity index (χ4v) is 3.01. The molecule has 4 nitrogen and oxygen atoms in total. The van der Waals surface area contributed by atoms with Crippen LogP contribution in [0.5, 0.6) is 0 Å². The molecule has 0 amide bonds. The van der Waals surface area contributed by atoms with Crippen molar-refractivity contribution in [1.29, 1.82) is 0 Å². The standard InChI is InChI=1S/C13H16N2O2S/c1-2-3-10-15-18(16,17)12-8-4-6-11-7-5-9-14-13(11)12/h4-9,15H,2-3,10H2,1H3. The van der Waals surface area contributed by atoms with E-state index in [1.807, 2.05) is 19.1 Å². The number of unbranched alkanes of at least 4 members (excludes halogenated alkanes) is 1. The highest BCUT2D eigenvalue weighted by Crippen LogP contribution is 2.20. The Labute approximate surface area is 107 Å². The van der Waals surface area contributed by atoms with Crippen molar-refractivity contribution in [2.45, 2.75) is 24.7 Å². The molecule has 0 unspecified atom stereocenters. The molecule has 1 heterocycles. The molecule has 0 aliphatic heterocycles. The Kier molecular flexibility index (Phi) is 3.93. The molecule has 1 aromatic carbocycles. The highest BCUT2D eigenvalue weighted by Gasteiger charge is 2.16. The number of hydrogen-bond donors (Lipinski definition) is 1. The third-order valence-electron chi connectivity index (χ3n) is 2.71. The molecule has 18 heavy (non-hydrogen) atoms. The van der Waals surface area contributed by atoms with Crippen molar-refractivity contribution in [3.63, 3.8) is 0 Å². The number of fused-ring (bicyclic) bond motifs is 1. The van der Waals surface area contributed by atoms with Gasteiger partial charge >= 0.3 is 0 Å². The minimum Gasteiger partial charge on any atom is -0.255 e. The van der Waals surface area contributed by atoms with Crippen LogP contribution in [-0.2, 0) is 10.0 Å². The van der Waals surface area contributed by atoms with Crippen molar-refractivity contribution >= 4 is 20.9 Å². The van der Waals surface area contributed by atoms with Gasteiger partial charge in [-0.3, -0.25) is 4.98 Å². The number of benzene rings is 1. The molecule has 0 spiro atoms. The fraction of sp³-hybridized carbons (Fsp3) is 0.308. The van der Waals surface area contributed by atoms with Crippen LogP contribution in [-0.4, -0.2) is 19.9 Å². The van der Waals surface area contributed by atoms with Crippen molar-refractivity contribution in [1.82, 2.24) is 9.71 Å². The van der Waals surface area contributed by atoms with Gasteiger partial charge < -0.3 is 0 Å². The van der Waals surface area contributed by atoms with Crippen molar-refractivity contribution in [2.75, 3.05) is 6.54 Å². The summed E-state index contributed by atoms with van der Waals surface area (Å²) in [6.45, 7) is 2.48. The van der Waals surface area contributed by atoms with Crippen molar-refractivity contribution in [3.05, 3.63) is 36.5 Å². The molecule has 0 atom stereocenters. The zero-order valence-electron chi connectivity index (χ0n) is 10.3. The summed E-state index contributed by atoms with van der Waals surface area (Å²) in [6, 6.07) is 8.83. The van der Waals surface area contributed by atoms with E-state index < -0.39 is 10.0 Å². The molecule has 0 bridgehead atoms. The van der Waals surface area contributed by atoms with Crippen LogP contribution in [0.15, 0.2) is 41.4 Å². The first-order valence-electron chi connectivity index (χ1n) is 5.98. The normalized spacial score (nSPS) is 11.8. The van der Waals surface area contributed by atoms with Crippen molar-refractivity contribution in [2.24, 2.45) is 0 Å². The number of hydrogen-bond acceptors (Lipinski definition) is 3. The summed E-state index contributed by atoms with van der Waals surface area (Å²) in [5, 5.41) is 0.830. The minimum absolute atomic E-state index is 0.247. The Bertz CT molecular complexity index is 633. The van der Waals surface area contributed by atoms with Gasteiger partial charge in [-0.25, -0.2) is 13.1 Å². The Hall–Kier alpha value is -1.46. The summed E-state index contributed by atoms with van der Waals surface area (Å²) in [6.07, 6.45) is 3.39. The summed E-state index contributed by atoms with van der Waals surface area (Å²) >= 11 is 0. The predicted octanol–water partition coefficient (Wildman–Crippen LogP) is 2.31. The quantitative estimate of drug-likeness (QED) is 0.843. The second-order valence-corrected chi connectivity index (χ2v) is 5.82. The van der Waals surface area contributed by atoms with E-state index in [0.29, 0.717) is 12.1 Å². The molecule has 5 heteroatoms. The second-order valence-electron chi connectivity index (χ2n) is 4.08. The maximum Gasteiger partial charge on any atom is 0.242 e. The Morgan fingerprint density at radius 3 is 2.78 bits per heavy atom. The maximum atomic E-state index is 12.2. The lowest BCUT2D eigenvalue weighted by Gasteiger charge is -2.08. The molecule has 0 saturated heterocycles. The molecule has 1 aromatic heterocycles. The molecule has 2 aromatic rings. The van der Waals surface area contributed by atoms with Gasteiger partial charge in [0.1, 0.15) is 4.90 Å². The highest BCUT2D eigenvalue weighted by molar-refractivity contribution is 7.89. The predicted molar refractivity (Wildman–Crippen MR) is 71.8 cm³/mol. The smallest absolute Gasteiger partial charge is 0.242 e. The van der Waals surface area contributed by atoms with E-state index in [9.17, 15) is 8.42 Å². The van der Waals surface area contributed by atoms with E-state index in [-0.39, 0.29) is 4.90 Å². The molecule has 96 valence electrons. The summed E-state index contributed by atoms with van der Waals surface area (Å²) in [4.78, 5) is 4.40. The van der Waals surface area contributed by atoms with Crippen LogP contribution in [0.1, 0.15) is 19.8 Å². The SMILES string of the molecule is CCCCNS(=O)(=O)c1cccc2cccnc12.